The highest BCUT2D eigenvalue weighted by molar-refractivity contribution is 9.10. The molecule has 0 saturated heterocycles. The second-order valence-corrected chi connectivity index (χ2v) is 3.53. The predicted molar refractivity (Wildman–Crippen MR) is 54.7 cm³/mol. The normalized spacial score (nSPS) is 9.77. The third kappa shape index (κ3) is 2.52. The van der Waals surface area contributed by atoms with Gasteiger partial charge in [-0.05, 0) is 41.4 Å². The van der Waals surface area contributed by atoms with Crippen molar-refractivity contribution >= 4 is 21.8 Å². The Bertz CT molecular complexity index is 325. The summed E-state index contributed by atoms with van der Waals surface area (Å²) in [5.74, 6) is -0.127. The van der Waals surface area contributed by atoms with Gasteiger partial charge in [-0.25, -0.2) is 4.98 Å². The number of hydrogen-bond acceptors (Lipinski definition) is 2. The first kappa shape index (κ1) is 10.2. The summed E-state index contributed by atoms with van der Waals surface area (Å²) in [4.78, 5) is 15.3. The number of nitrogens with zero attached hydrogens (tertiary/aromatic N) is 1. The molecule has 0 aliphatic carbocycles. The molecule has 1 heterocycles. The molecule has 3 nitrogen and oxygen atoms in total. The van der Waals surface area contributed by atoms with E-state index in [2.05, 4.69) is 26.2 Å². The first-order valence-corrected chi connectivity index (χ1v) is 4.84. The number of amides is 1. The van der Waals surface area contributed by atoms with Gasteiger partial charge in [0, 0.05) is 17.2 Å². The molecule has 0 spiro atoms. The lowest BCUT2D eigenvalue weighted by molar-refractivity contribution is 0.0951. The maximum Gasteiger partial charge on any atom is 0.269 e. The standard InChI is InChI=1S/C9H11BrN2O/c1-3-11-9(13)8-4-6(2)7(10)5-12-8/h4-5H,3H2,1-2H3,(H,11,13). The van der Waals surface area contributed by atoms with Gasteiger partial charge in [-0.3, -0.25) is 4.79 Å². The minimum Gasteiger partial charge on any atom is -0.351 e. The lowest BCUT2D eigenvalue weighted by Crippen LogP contribution is -2.23. The number of carbonyl (C=O) groups is 1. The second-order valence-electron chi connectivity index (χ2n) is 2.68. The molecule has 0 radical (unpaired) electrons. The predicted octanol–water partition coefficient (Wildman–Crippen LogP) is 1.90. The van der Waals surface area contributed by atoms with Crippen LogP contribution in [0.1, 0.15) is 23.0 Å². The molecule has 0 saturated carbocycles. The minimum absolute atomic E-state index is 0.127. The van der Waals surface area contributed by atoms with E-state index in [-0.39, 0.29) is 5.91 Å². The summed E-state index contributed by atoms with van der Waals surface area (Å²) in [6.45, 7) is 4.42. The second kappa shape index (κ2) is 4.37. The molecule has 13 heavy (non-hydrogen) atoms. The van der Waals surface area contributed by atoms with E-state index < -0.39 is 0 Å². The molecule has 0 aliphatic rings. The van der Waals surface area contributed by atoms with Crippen LogP contribution in [0.25, 0.3) is 0 Å². The van der Waals surface area contributed by atoms with Crippen LogP contribution in [-0.4, -0.2) is 17.4 Å². The Morgan fingerprint density at radius 2 is 2.38 bits per heavy atom. The fourth-order valence-corrected chi connectivity index (χ4v) is 1.13. The summed E-state index contributed by atoms with van der Waals surface area (Å²) in [7, 11) is 0. The molecule has 0 aliphatic heterocycles. The summed E-state index contributed by atoms with van der Waals surface area (Å²) in [5.41, 5.74) is 1.47. The van der Waals surface area contributed by atoms with Gasteiger partial charge in [0.15, 0.2) is 0 Å². The molecular weight excluding hydrogens is 232 g/mol. The van der Waals surface area contributed by atoms with Crippen molar-refractivity contribution in [1.82, 2.24) is 10.3 Å². The summed E-state index contributed by atoms with van der Waals surface area (Å²) >= 11 is 3.32. The van der Waals surface area contributed by atoms with Crippen molar-refractivity contribution in [1.29, 1.82) is 0 Å². The third-order valence-electron chi connectivity index (χ3n) is 1.62. The number of hydrogen-bond donors (Lipinski definition) is 1. The number of halogens is 1. The van der Waals surface area contributed by atoms with Gasteiger partial charge in [0.25, 0.3) is 5.91 Å². The van der Waals surface area contributed by atoms with Crippen LogP contribution in [-0.2, 0) is 0 Å². The van der Waals surface area contributed by atoms with Crippen molar-refractivity contribution in [3.63, 3.8) is 0 Å². The Morgan fingerprint density at radius 1 is 1.69 bits per heavy atom. The molecule has 1 amide bonds. The van der Waals surface area contributed by atoms with Gasteiger partial charge in [-0.15, -0.1) is 0 Å². The molecule has 0 aromatic carbocycles. The quantitative estimate of drug-likeness (QED) is 0.861. The summed E-state index contributed by atoms with van der Waals surface area (Å²) in [5, 5.41) is 2.69. The fourth-order valence-electron chi connectivity index (χ4n) is 0.915. The van der Waals surface area contributed by atoms with Crippen LogP contribution in [0.5, 0.6) is 0 Å². The van der Waals surface area contributed by atoms with Crippen molar-refractivity contribution in [2.45, 2.75) is 13.8 Å². The van der Waals surface area contributed by atoms with E-state index in [9.17, 15) is 4.79 Å². The van der Waals surface area contributed by atoms with Crippen molar-refractivity contribution in [2.24, 2.45) is 0 Å². The molecule has 4 heteroatoms. The zero-order valence-electron chi connectivity index (χ0n) is 7.60. The molecule has 0 unspecified atom stereocenters. The van der Waals surface area contributed by atoms with E-state index >= 15 is 0 Å². The van der Waals surface area contributed by atoms with Crippen LogP contribution in [0.2, 0.25) is 0 Å². The monoisotopic (exact) mass is 242 g/mol. The van der Waals surface area contributed by atoms with Crippen molar-refractivity contribution in [3.05, 3.63) is 28.0 Å². The average molecular weight is 243 g/mol. The number of rotatable bonds is 2. The van der Waals surface area contributed by atoms with Crippen LogP contribution in [0.4, 0.5) is 0 Å². The third-order valence-corrected chi connectivity index (χ3v) is 2.45. The fraction of sp³-hybridized carbons (Fsp3) is 0.333. The Labute approximate surface area is 85.7 Å². The molecule has 1 N–H and O–H groups in total. The maximum atomic E-state index is 11.3. The van der Waals surface area contributed by atoms with Gasteiger partial charge in [0.2, 0.25) is 0 Å². The smallest absolute Gasteiger partial charge is 0.269 e. The van der Waals surface area contributed by atoms with Crippen LogP contribution in [0, 0.1) is 6.92 Å². The summed E-state index contributed by atoms with van der Waals surface area (Å²) < 4.78 is 0.917. The molecule has 70 valence electrons. The van der Waals surface area contributed by atoms with E-state index in [4.69, 9.17) is 0 Å². The first-order valence-electron chi connectivity index (χ1n) is 4.05. The zero-order chi connectivity index (χ0) is 9.84. The summed E-state index contributed by atoms with van der Waals surface area (Å²) in [6, 6.07) is 1.76. The number of carbonyl (C=O) groups excluding carboxylic acids is 1. The Morgan fingerprint density at radius 3 is 2.92 bits per heavy atom. The highest BCUT2D eigenvalue weighted by atomic mass is 79.9. The van der Waals surface area contributed by atoms with Gasteiger partial charge < -0.3 is 5.32 Å². The van der Waals surface area contributed by atoms with E-state index in [0.717, 1.165) is 10.0 Å². The van der Waals surface area contributed by atoms with Gasteiger partial charge >= 0.3 is 0 Å². The average Bonchev–Trinajstić information content (AvgIpc) is 2.10. The van der Waals surface area contributed by atoms with Crippen molar-refractivity contribution in [3.8, 4) is 0 Å². The zero-order valence-corrected chi connectivity index (χ0v) is 9.18. The molecule has 0 atom stereocenters. The van der Waals surface area contributed by atoms with Gasteiger partial charge in [-0.2, -0.15) is 0 Å². The molecule has 1 aromatic rings. The summed E-state index contributed by atoms with van der Waals surface area (Å²) in [6.07, 6.45) is 1.64. The molecule has 1 aromatic heterocycles. The van der Waals surface area contributed by atoms with Crippen LogP contribution < -0.4 is 5.32 Å². The molecular formula is C9H11BrN2O. The number of pyridine rings is 1. The van der Waals surface area contributed by atoms with Crippen LogP contribution in [0.15, 0.2) is 16.7 Å². The van der Waals surface area contributed by atoms with Crippen molar-refractivity contribution < 1.29 is 4.79 Å². The van der Waals surface area contributed by atoms with E-state index in [1.54, 1.807) is 12.3 Å². The Kier molecular flexibility index (Phi) is 3.42. The molecule has 0 fully saturated rings. The van der Waals surface area contributed by atoms with E-state index in [1.165, 1.54) is 0 Å². The van der Waals surface area contributed by atoms with Gasteiger partial charge in [0.1, 0.15) is 5.69 Å². The minimum atomic E-state index is -0.127. The largest absolute Gasteiger partial charge is 0.351 e. The van der Waals surface area contributed by atoms with E-state index in [1.807, 2.05) is 13.8 Å². The highest BCUT2D eigenvalue weighted by Crippen LogP contribution is 2.14. The van der Waals surface area contributed by atoms with Crippen molar-refractivity contribution in [2.75, 3.05) is 6.54 Å². The Hall–Kier alpha value is -0.900. The number of nitrogens with one attached hydrogen (secondary N) is 1. The van der Waals surface area contributed by atoms with Gasteiger partial charge in [-0.1, -0.05) is 0 Å². The Balaban J connectivity index is 2.90. The topological polar surface area (TPSA) is 42.0 Å². The van der Waals surface area contributed by atoms with Crippen LogP contribution in [0.3, 0.4) is 0 Å². The van der Waals surface area contributed by atoms with Crippen LogP contribution >= 0.6 is 15.9 Å². The van der Waals surface area contributed by atoms with Gasteiger partial charge in [0.05, 0.1) is 0 Å². The lowest BCUT2D eigenvalue weighted by Gasteiger charge is -2.02. The molecule has 1 rings (SSSR count). The number of aromatic nitrogens is 1. The lowest BCUT2D eigenvalue weighted by atomic mass is 10.2. The van der Waals surface area contributed by atoms with E-state index in [0.29, 0.717) is 12.2 Å². The number of aryl methyl sites for hydroxylation is 1. The highest BCUT2D eigenvalue weighted by Gasteiger charge is 2.06. The first-order chi connectivity index (χ1) is 6.15. The maximum absolute atomic E-state index is 11.3. The molecule has 0 bridgehead atoms. The SMILES string of the molecule is CCNC(=O)c1cc(C)c(Br)cn1.